The monoisotopic (exact) mass is 457 g/mol. The summed E-state index contributed by atoms with van der Waals surface area (Å²) in [5.74, 6) is -1.26. The molecular weight excluding hydrogens is 414 g/mol. The molecule has 186 valence electrons. The molecule has 0 aromatic heterocycles. The first-order valence-electron chi connectivity index (χ1n) is 11.3. The van der Waals surface area contributed by atoms with Crippen LogP contribution in [0.15, 0.2) is 0 Å². The Labute approximate surface area is 192 Å². The van der Waals surface area contributed by atoms with E-state index >= 15 is 0 Å². The van der Waals surface area contributed by atoms with Gasteiger partial charge in [-0.2, -0.15) is 0 Å². The molecule has 0 aliphatic carbocycles. The summed E-state index contributed by atoms with van der Waals surface area (Å²) in [5.41, 5.74) is -0.573. The lowest BCUT2D eigenvalue weighted by atomic mass is 9.86. The van der Waals surface area contributed by atoms with E-state index in [9.17, 15) is 19.2 Å². The van der Waals surface area contributed by atoms with Crippen molar-refractivity contribution in [2.24, 2.45) is 23.7 Å². The second-order valence-corrected chi connectivity index (χ2v) is 10.1. The molecule has 0 fully saturated rings. The van der Waals surface area contributed by atoms with Crippen LogP contribution in [0.1, 0.15) is 68.2 Å². The Bertz CT molecular complexity index is 628. The number of ether oxygens (including phenoxy) is 2. The highest BCUT2D eigenvalue weighted by Gasteiger charge is 2.27. The van der Waals surface area contributed by atoms with E-state index in [0.717, 1.165) is 0 Å². The molecule has 0 aliphatic heterocycles. The minimum absolute atomic E-state index is 0.0317. The summed E-state index contributed by atoms with van der Waals surface area (Å²) in [6.07, 6.45) is 0.496. The van der Waals surface area contributed by atoms with Crippen LogP contribution in [0.5, 0.6) is 0 Å². The highest BCUT2D eigenvalue weighted by atomic mass is 16.6. The average molecular weight is 458 g/mol. The van der Waals surface area contributed by atoms with Crippen LogP contribution in [0.25, 0.3) is 0 Å². The lowest BCUT2D eigenvalue weighted by molar-refractivity contribution is -0.145. The molecule has 2 unspecified atom stereocenters. The number of rotatable bonds is 12. The van der Waals surface area contributed by atoms with Crippen LogP contribution < -0.4 is 16.0 Å². The van der Waals surface area contributed by atoms with Crippen LogP contribution in [-0.4, -0.2) is 55.7 Å². The standard InChI is InChI=1S/C23H43N3O6/c1-14(2)10-18(21(29)31-9)26-19(27)13-24-20(28)17(15(3)4)11-16(5)12-25-22(30)32-23(6,7)8/h14-18H,10-13H2,1-9H3,(H,24,28)(H,25,30)(H,26,27)/t16?,17?,18-/m0/s1. The van der Waals surface area contributed by atoms with Gasteiger partial charge in [-0.25, -0.2) is 9.59 Å². The second kappa shape index (κ2) is 14.0. The average Bonchev–Trinajstić information content (AvgIpc) is 2.65. The van der Waals surface area contributed by atoms with Crippen molar-refractivity contribution in [3.63, 3.8) is 0 Å². The number of amides is 3. The Balaban J connectivity index is 4.71. The van der Waals surface area contributed by atoms with Gasteiger partial charge in [-0.3, -0.25) is 9.59 Å². The molecule has 3 amide bonds. The highest BCUT2D eigenvalue weighted by molar-refractivity contribution is 5.88. The van der Waals surface area contributed by atoms with Crippen LogP contribution in [0, 0.1) is 23.7 Å². The predicted octanol–water partition coefficient (Wildman–Crippen LogP) is 2.63. The topological polar surface area (TPSA) is 123 Å². The fourth-order valence-corrected chi connectivity index (χ4v) is 3.14. The van der Waals surface area contributed by atoms with E-state index in [2.05, 4.69) is 16.0 Å². The molecular formula is C23H43N3O6. The molecule has 0 radical (unpaired) electrons. The molecule has 0 aliphatic rings. The molecule has 0 aromatic carbocycles. The van der Waals surface area contributed by atoms with E-state index in [1.807, 2.05) is 34.6 Å². The minimum atomic E-state index is -0.746. The number of carbonyl (C=O) groups excluding carboxylic acids is 4. The fourth-order valence-electron chi connectivity index (χ4n) is 3.14. The molecule has 0 aromatic rings. The number of methoxy groups -OCH3 is 1. The molecule has 9 heteroatoms. The van der Waals surface area contributed by atoms with Gasteiger partial charge in [-0.05, 0) is 51.4 Å². The molecule has 0 saturated heterocycles. The Morgan fingerprint density at radius 1 is 0.906 bits per heavy atom. The Hall–Kier alpha value is -2.32. The lowest BCUT2D eigenvalue weighted by Crippen LogP contribution is -2.47. The van der Waals surface area contributed by atoms with E-state index in [4.69, 9.17) is 9.47 Å². The first-order valence-corrected chi connectivity index (χ1v) is 11.3. The van der Waals surface area contributed by atoms with Gasteiger partial charge in [0.25, 0.3) is 0 Å². The number of hydrogen-bond donors (Lipinski definition) is 3. The summed E-state index contributed by atoms with van der Waals surface area (Å²) in [4.78, 5) is 48.7. The summed E-state index contributed by atoms with van der Waals surface area (Å²) in [7, 11) is 1.27. The van der Waals surface area contributed by atoms with Crippen LogP contribution in [0.2, 0.25) is 0 Å². The Kier molecular flexibility index (Phi) is 12.9. The maximum absolute atomic E-state index is 12.7. The van der Waals surface area contributed by atoms with Gasteiger partial charge in [0.1, 0.15) is 11.6 Å². The zero-order valence-electron chi connectivity index (χ0n) is 21.2. The zero-order valence-corrected chi connectivity index (χ0v) is 21.2. The van der Waals surface area contributed by atoms with Gasteiger partial charge >= 0.3 is 12.1 Å². The maximum Gasteiger partial charge on any atom is 0.407 e. The number of esters is 1. The number of hydrogen-bond acceptors (Lipinski definition) is 6. The summed E-state index contributed by atoms with van der Waals surface area (Å²) in [6.45, 7) is 15.2. The van der Waals surface area contributed by atoms with E-state index in [1.165, 1.54) is 7.11 Å². The van der Waals surface area contributed by atoms with Crippen LogP contribution in [-0.2, 0) is 23.9 Å². The predicted molar refractivity (Wildman–Crippen MR) is 123 cm³/mol. The van der Waals surface area contributed by atoms with E-state index in [1.54, 1.807) is 20.8 Å². The smallest absolute Gasteiger partial charge is 0.407 e. The van der Waals surface area contributed by atoms with E-state index in [0.29, 0.717) is 19.4 Å². The fraction of sp³-hybridized carbons (Fsp3) is 0.826. The largest absolute Gasteiger partial charge is 0.467 e. The molecule has 0 heterocycles. The summed E-state index contributed by atoms with van der Waals surface area (Å²) >= 11 is 0. The van der Waals surface area contributed by atoms with Crippen molar-refractivity contribution in [3.05, 3.63) is 0 Å². The van der Waals surface area contributed by atoms with E-state index < -0.39 is 29.6 Å². The van der Waals surface area contributed by atoms with Gasteiger partial charge < -0.3 is 25.4 Å². The molecule has 0 saturated carbocycles. The van der Waals surface area contributed by atoms with Crippen molar-refractivity contribution in [1.82, 2.24) is 16.0 Å². The SMILES string of the molecule is COC(=O)[C@H](CC(C)C)NC(=O)CNC(=O)C(CC(C)CNC(=O)OC(C)(C)C)C(C)C. The van der Waals surface area contributed by atoms with Crippen LogP contribution >= 0.6 is 0 Å². The molecule has 32 heavy (non-hydrogen) atoms. The zero-order chi connectivity index (χ0) is 25.1. The molecule has 0 spiro atoms. The maximum atomic E-state index is 12.7. The molecule has 3 atom stereocenters. The van der Waals surface area contributed by atoms with Crippen molar-refractivity contribution in [2.45, 2.75) is 79.9 Å². The van der Waals surface area contributed by atoms with E-state index in [-0.39, 0.29) is 36.1 Å². The van der Waals surface area contributed by atoms with Crippen LogP contribution in [0.4, 0.5) is 4.79 Å². The van der Waals surface area contributed by atoms with Crippen molar-refractivity contribution in [2.75, 3.05) is 20.2 Å². The molecule has 9 nitrogen and oxygen atoms in total. The molecule has 3 N–H and O–H groups in total. The summed E-state index contributed by atoms with van der Waals surface area (Å²) in [6, 6.07) is -0.746. The normalized spacial score (nSPS) is 14.3. The van der Waals surface area contributed by atoms with Gasteiger partial charge in [-0.15, -0.1) is 0 Å². The van der Waals surface area contributed by atoms with Gasteiger partial charge in [0.05, 0.1) is 13.7 Å². The number of carbonyl (C=O) groups is 4. The quantitative estimate of drug-likeness (QED) is 0.387. The second-order valence-electron chi connectivity index (χ2n) is 10.1. The van der Waals surface area contributed by atoms with Crippen molar-refractivity contribution in [3.8, 4) is 0 Å². The van der Waals surface area contributed by atoms with Crippen molar-refractivity contribution >= 4 is 23.9 Å². The third kappa shape index (κ3) is 13.2. The van der Waals surface area contributed by atoms with Crippen LogP contribution in [0.3, 0.4) is 0 Å². The lowest BCUT2D eigenvalue weighted by Gasteiger charge is -2.25. The third-order valence-electron chi connectivity index (χ3n) is 4.74. The molecule has 0 rings (SSSR count). The van der Waals surface area contributed by atoms with Gasteiger partial charge in [0.15, 0.2) is 0 Å². The number of alkyl carbamates (subject to hydrolysis) is 1. The first kappa shape index (κ1) is 29.7. The Morgan fingerprint density at radius 2 is 1.50 bits per heavy atom. The van der Waals surface area contributed by atoms with Crippen molar-refractivity contribution in [1.29, 1.82) is 0 Å². The van der Waals surface area contributed by atoms with Crippen molar-refractivity contribution < 1.29 is 28.7 Å². The van der Waals surface area contributed by atoms with Gasteiger partial charge in [-0.1, -0.05) is 34.6 Å². The minimum Gasteiger partial charge on any atom is -0.467 e. The first-order chi connectivity index (χ1) is 14.7. The highest BCUT2D eigenvalue weighted by Crippen LogP contribution is 2.20. The summed E-state index contributed by atoms with van der Waals surface area (Å²) in [5, 5.41) is 8.02. The number of nitrogens with one attached hydrogen (secondary N) is 3. The molecule has 0 bridgehead atoms. The van der Waals surface area contributed by atoms with Gasteiger partial charge in [0.2, 0.25) is 11.8 Å². The summed E-state index contributed by atoms with van der Waals surface area (Å²) < 4.78 is 9.97. The van der Waals surface area contributed by atoms with Gasteiger partial charge in [0, 0.05) is 12.5 Å². The Morgan fingerprint density at radius 3 is 1.97 bits per heavy atom. The third-order valence-corrected chi connectivity index (χ3v) is 4.74.